The van der Waals surface area contributed by atoms with Crippen molar-refractivity contribution in [3.05, 3.63) is 58.1 Å². The van der Waals surface area contributed by atoms with Gasteiger partial charge in [0.1, 0.15) is 5.75 Å². The number of hydrogen-bond acceptors (Lipinski definition) is 5. The quantitative estimate of drug-likeness (QED) is 0.482. The Morgan fingerprint density at radius 2 is 1.86 bits per heavy atom. The van der Waals surface area contributed by atoms with Crippen LogP contribution in [0.25, 0.3) is 0 Å². The average molecular weight is 307 g/mol. The van der Waals surface area contributed by atoms with Gasteiger partial charge in [0, 0.05) is 18.3 Å². The average Bonchev–Trinajstić information content (AvgIpc) is 2.47. The van der Waals surface area contributed by atoms with Gasteiger partial charge in [-0.15, -0.1) is 0 Å². The normalized spacial score (nSPS) is 11.0. The van der Waals surface area contributed by atoms with Crippen molar-refractivity contribution in [2.24, 2.45) is 4.99 Å². The van der Waals surface area contributed by atoms with E-state index < -0.39 is 17.3 Å². The third kappa shape index (κ3) is 3.98. The fourth-order valence-corrected chi connectivity index (χ4v) is 1.61. The van der Waals surface area contributed by atoms with Crippen molar-refractivity contribution in [3.63, 3.8) is 0 Å². The zero-order valence-corrected chi connectivity index (χ0v) is 11.0. The van der Waals surface area contributed by atoms with E-state index in [1.807, 2.05) is 0 Å². The summed E-state index contributed by atoms with van der Waals surface area (Å²) in [5.74, 6) is -0.430. The van der Waals surface area contributed by atoms with Gasteiger partial charge >= 0.3 is 6.61 Å². The maximum atomic E-state index is 12.0. The summed E-state index contributed by atoms with van der Waals surface area (Å²) in [7, 11) is 0. The molecule has 2 aromatic rings. The molecule has 114 valence electrons. The molecule has 0 saturated heterocycles. The Bertz CT molecular complexity index is 702. The fraction of sp³-hybridized carbons (Fsp3) is 0.0714. The third-order valence-corrected chi connectivity index (χ3v) is 2.62. The van der Waals surface area contributed by atoms with Gasteiger partial charge in [0.2, 0.25) is 0 Å². The smallest absolute Gasteiger partial charge is 0.387 e. The molecule has 0 atom stereocenters. The number of nitro benzene ring substituents is 1. The van der Waals surface area contributed by atoms with Gasteiger partial charge < -0.3 is 9.84 Å². The van der Waals surface area contributed by atoms with Crippen molar-refractivity contribution in [1.29, 1.82) is 0 Å². The first-order valence-corrected chi connectivity index (χ1v) is 6.00. The zero-order valence-electron chi connectivity index (χ0n) is 11.0. The number of nitro groups is 1. The molecule has 8 heteroatoms. The molecule has 0 aromatic heterocycles. The molecular weight excluding hydrogens is 298 g/mol. The van der Waals surface area contributed by atoms with Crippen molar-refractivity contribution in [3.8, 4) is 11.5 Å². The fourth-order valence-electron chi connectivity index (χ4n) is 1.61. The molecule has 0 fully saturated rings. The second-order valence-electron chi connectivity index (χ2n) is 4.11. The maximum absolute atomic E-state index is 12.0. The Labute approximate surface area is 123 Å². The van der Waals surface area contributed by atoms with Gasteiger partial charge in [-0.25, -0.2) is 0 Å². The number of hydrogen-bond donors (Lipinski definition) is 0. The second-order valence-corrected chi connectivity index (χ2v) is 4.11. The van der Waals surface area contributed by atoms with E-state index in [0.29, 0.717) is 5.69 Å². The van der Waals surface area contributed by atoms with Crippen molar-refractivity contribution in [2.45, 2.75) is 6.61 Å². The Hall–Kier alpha value is -3.03. The second kappa shape index (κ2) is 6.61. The first kappa shape index (κ1) is 15.4. The highest BCUT2D eigenvalue weighted by molar-refractivity contribution is 5.86. The first-order chi connectivity index (χ1) is 10.5. The van der Waals surface area contributed by atoms with E-state index in [1.165, 1.54) is 30.5 Å². The van der Waals surface area contributed by atoms with E-state index in [-0.39, 0.29) is 17.0 Å². The summed E-state index contributed by atoms with van der Waals surface area (Å²) in [6, 6.07) is 8.72. The molecule has 0 saturated carbocycles. The van der Waals surface area contributed by atoms with Crippen LogP contribution in [0.3, 0.4) is 0 Å². The van der Waals surface area contributed by atoms with Gasteiger partial charge in [0.15, 0.2) is 0 Å². The lowest BCUT2D eigenvalue weighted by atomic mass is 10.2. The summed E-state index contributed by atoms with van der Waals surface area (Å²) in [5, 5.41) is 22.2. The summed E-state index contributed by atoms with van der Waals surface area (Å²) < 4.78 is 28.2. The van der Waals surface area contributed by atoms with Gasteiger partial charge in [0.05, 0.1) is 10.6 Å². The minimum atomic E-state index is -2.91. The van der Waals surface area contributed by atoms with Gasteiger partial charge in [0.25, 0.3) is 5.69 Å². The Morgan fingerprint density at radius 3 is 2.45 bits per heavy atom. The molecule has 0 aliphatic rings. The van der Waals surface area contributed by atoms with Crippen LogP contribution in [0, 0.1) is 10.1 Å². The van der Waals surface area contributed by atoms with Crippen LogP contribution >= 0.6 is 0 Å². The number of benzene rings is 2. The van der Waals surface area contributed by atoms with Gasteiger partial charge in [-0.1, -0.05) is 11.8 Å². The molecule has 0 bridgehead atoms. The number of halogens is 2. The third-order valence-electron chi connectivity index (χ3n) is 2.62. The number of ether oxygens (including phenoxy) is 1. The number of rotatable bonds is 5. The topological polar surface area (TPSA) is 87.8 Å². The summed E-state index contributed by atoms with van der Waals surface area (Å²) >= 11 is 0. The van der Waals surface area contributed by atoms with E-state index >= 15 is 0 Å². The number of alkyl halides is 2. The lowest BCUT2D eigenvalue weighted by molar-refractivity contribution is -0.385. The minimum Gasteiger partial charge on any atom is -0.872 e. The highest BCUT2D eigenvalue weighted by Gasteiger charge is 2.06. The minimum absolute atomic E-state index is 0.0196. The summed E-state index contributed by atoms with van der Waals surface area (Å²) in [5.41, 5.74) is 0.219. The molecule has 2 rings (SSSR count). The summed E-state index contributed by atoms with van der Waals surface area (Å²) in [4.78, 5) is 14.0. The summed E-state index contributed by atoms with van der Waals surface area (Å²) in [6.45, 7) is -2.91. The Morgan fingerprint density at radius 1 is 1.18 bits per heavy atom. The lowest BCUT2D eigenvalue weighted by Gasteiger charge is -2.08. The monoisotopic (exact) mass is 307 g/mol. The molecule has 0 aliphatic carbocycles. The van der Waals surface area contributed by atoms with Crippen LogP contribution in [0.4, 0.5) is 20.2 Å². The Kier molecular flexibility index (Phi) is 4.62. The van der Waals surface area contributed by atoms with Gasteiger partial charge in [-0.3, -0.25) is 15.1 Å². The standard InChI is InChI=1S/C14H10F2N2O4/c15-14(16)22-12-4-1-10(2-5-12)17-8-9-7-11(18(20)21)3-6-13(9)19/h1-8,14,19H/p-1. The number of non-ortho nitro benzene ring substituents is 1. The van der Waals surface area contributed by atoms with Crippen LogP contribution in [-0.4, -0.2) is 17.7 Å². The molecule has 0 spiro atoms. The largest absolute Gasteiger partial charge is 0.872 e. The predicted octanol–water partition coefficient (Wildman–Crippen LogP) is 3.02. The van der Waals surface area contributed by atoms with Crippen LogP contribution in [0.2, 0.25) is 0 Å². The highest BCUT2D eigenvalue weighted by Crippen LogP contribution is 2.22. The SMILES string of the molecule is O=[N+]([O-])c1ccc([O-])c(C=Nc2ccc(OC(F)F)cc2)c1. The molecule has 2 aromatic carbocycles. The molecule has 0 unspecified atom stereocenters. The lowest BCUT2D eigenvalue weighted by Crippen LogP contribution is -2.01. The molecule has 0 radical (unpaired) electrons. The zero-order chi connectivity index (χ0) is 16.1. The molecule has 6 nitrogen and oxygen atoms in total. The van der Waals surface area contributed by atoms with Crippen molar-refractivity contribution in [2.75, 3.05) is 0 Å². The van der Waals surface area contributed by atoms with Gasteiger partial charge in [-0.2, -0.15) is 8.78 Å². The van der Waals surface area contributed by atoms with Crippen LogP contribution in [0.1, 0.15) is 5.56 Å². The highest BCUT2D eigenvalue weighted by atomic mass is 19.3. The maximum Gasteiger partial charge on any atom is 0.387 e. The number of aliphatic imine (C=N–C) groups is 1. The van der Waals surface area contributed by atoms with Crippen molar-refractivity contribution >= 4 is 17.6 Å². The molecular formula is C14H9F2N2O4-. The van der Waals surface area contributed by atoms with Crippen LogP contribution in [0.15, 0.2) is 47.5 Å². The van der Waals surface area contributed by atoms with Gasteiger partial charge in [-0.05, 0) is 29.8 Å². The van der Waals surface area contributed by atoms with E-state index in [1.54, 1.807) is 0 Å². The Balaban J connectivity index is 2.18. The van der Waals surface area contributed by atoms with Crippen LogP contribution in [-0.2, 0) is 0 Å². The van der Waals surface area contributed by atoms with Crippen molar-refractivity contribution < 1.29 is 23.5 Å². The predicted molar refractivity (Wildman–Crippen MR) is 72.9 cm³/mol. The van der Waals surface area contributed by atoms with Crippen LogP contribution < -0.4 is 9.84 Å². The molecule has 22 heavy (non-hydrogen) atoms. The first-order valence-electron chi connectivity index (χ1n) is 6.00. The van der Waals surface area contributed by atoms with Crippen LogP contribution in [0.5, 0.6) is 11.5 Å². The van der Waals surface area contributed by atoms with Crippen molar-refractivity contribution in [1.82, 2.24) is 0 Å². The number of nitrogens with zero attached hydrogens (tertiary/aromatic N) is 2. The van der Waals surface area contributed by atoms with E-state index in [0.717, 1.165) is 18.2 Å². The van der Waals surface area contributed by atoms with E-state index in [9.17, 15) is 24.0 Å². The van der Waals surface area contributed by atoms with E-state index in [2.05, 4.69) is 9.73 Å². The van der Waals surface area contributed by atoms with E-state index in [4.69, 9.17) is 0 Å². The molecule has 0 heterocycles. The molecule has 0 amide bonds. The molecule has 0 N–H and O–H groups in total. The molecule has 0 aliphatic heterocycles. The summed E-state index contributed by atoms with van der Waals surface area (Å²) in [6.07, 6.45) is 1.18.